The second-order valence-corrected chi connectivity index (χ2v) is 2.71. The van der Waals surface area contributed by atoms with Gasteiger partial charge in [-0.05, 0) is 6.42 Å². The molecule has 4 N–H and O–H groups in total. The van der Waals surface area contributed by atoms with Gasteiger partial charge in [-0.1, -0.05) is 0 Å². The monoisotopic (exact) mass is 205 g/mol. The summed E-state index contributed by atoms with van der Waals surface area (Å²) in [6.45, 7) is 0. The fourth-order valence-corrected chi connectivity index (χ4v) is 0.880. The van der Waals surface area contributed by atoms with E-state index in [9.17, 15) is 14.4 Å². The molecule has 1 amide bonds. The number of carboxylic acid groups (broad SMARTS) is 2. The molecule has 0 saturated heterocycles. The van der Waals surface area contributed by atoms with Gasteiger partial charge >= 0.3 is 11.9 Å². The highest BCUT2D eigenvalue weighted by molar-refractivity contribution is 5.81. The number of rotatable bonds is 6. The molecule has 1 unspecified atom stereocenters. The predicted octanol–water partition coefficient (Wildman–Crippen LogP) is -0.552. The minimum Gasteiger partial charge on any atom is -0.481 e. The van der Waals surface area contributed by atoms with E-state index in [1.54, 1.807) is 0 Å². The van der Waals surface area contributed by atoms with Crippen LogP contribution in [0.5, 0.6) is 0 Å². The molecule has 0 saturated carbocycles. The minimum absolute atomic E-state index is 0.141. The van der Waals surface area contributed by atoms with Crippen molar-refractivity contribution in [2.24, 2.45) is 5.92 Å². The molecule has 0 rings (SSSR count). The zero-order valence-electron chi connectivity index (χ0n) is 7.27. The topological polar surface area (TPSA) is 124 Å². The fraction of sp³-hybridized carbons (Fsp3) is 0.571. The van der Waals surface area contributed by atoms with Crippen molar-refractivity contribution in [2.45, 2.75) is 19.3 Å². The van der Waals surface area contributed by atoms with Crippen LogP contribution in [0.3, 0.4) is 0 Å². The maximum atomic E-state index is 10.6. The summed E-state index contributed by atoms with van der Waals surface area (Å²) in [6, 6.07) is 0. The molecule has 7 heteroatoms. The van der Waals surface area contributed by atoms with Crippen LogP contribution >= 0.6 is 0 Å². The second-order valence-electron chi connectivity index (χ2n) is 2.71. The van der Waals surface area contributed by atoms with Gasteiger partial charge < -0.3 is 10.2 Å². The SMILES string of the molecule is O=C(O)CCC(CC(=O)NO)C(=O)O. The van der Waals surface area contributed by atoms with Gasteiger partial charge in [-0.15, -0.1) is 0 Å². The van der Waals surface area contributed by atoms with Gasteiger partial charge in [-0.3, -0.25) is 19.6 Å². The van der Waals surface area contributed by atoms with Crippen molar-refractivity contribution < 1.29 is 29.8 Å². The number of nitrogens with one attached hydrogen (secondary N) is 1. The summed E-state index contributed by atoms with van der Waals surface area (Å²) in [5, 5.41) is 25.0. The molecule has 7 nitrogen and oxygen atoms in total. The molecule has 0 heterocycles. The first kappa shape index (κ1) is 12.4. The van der Waals surface area contributed by atoms with E-state index in [1.165, 1.54) is 5.48 Å². The Morgan fingerprint density at radius 3 is 2.14 bits per heavy atom. The molecule has 80 valence electrons. The van der Waals surface area contributed by atoms with Gasteiger partial charge in [0.2, 0.25) is 5.91 Å². The van der Waals surface area contributed by atoms with E-state index in [-0.39, 0.29) is 12.8 Å². The highest BCUT2D eigenvalue weighted by Gasteiger charge is 2.21. The molecule has 0 radical (unpaired) electrons. The molecule has 0 fully saturated rings. The van der Waals surface area contributed by atoms with Gasteiger partial charge in [0.15, 0.2) is 0 Å². The van der Waals surface area contributed by atoms with Crippen LogP contribution in [-0.2, 0) is 14.4 Å². The fourth-order valence-electron chi connectivity index (χ4n) is 0.880. The lowest BCUT2D eigenvalue weighted by atomic mass is 9.99. The average Bonchev–Trinajstić information content (AvgIpc) is 2.10. The van der Waals surface area contributed by atoms with Crippen molar-refractivity contribution in [3.05, 3.63) is 0 Å². The third kappa shape index (κ3) is 5.09. The smallest absolute Gasteiger partial charge is 0.307 e. The standard InChI is InChI=1S/C7H11NO6/c9-5(8-14)3-4(7(12)13)1-2-6(10)11/h4,14H,1-3H2,(H,8,9)(H,10,11)(H,12,13). The summed E-state index contributed by atoms with van der Waals surface area (Å²) in [6.07, 6.45) is -0.896. The molecule has 0 aliphatic heterocycles. The Kier molecular flexibility index (Phi) is 5.23. The molecule has 14 heavy (non-hydrogen) atoms. The number of hydroxylamine groups is 1. The van der Waals surface area contributed by atoms with Crippen molar-refractivity contribution in [1.82, 2.24) is 5.48 Å². The Balaban J connectivity index is 4.09. The van der Waals surface area contributed by atoms with E-state index >= 15 is 0 Å². The average molecular weight is 205 g/mol. The molecular weight excluding hydrogens is 194 g/mol. The molecule has 1 atom stereocenters. The summed E-state index contributed by atoms with van der Waals surface area (Å²) in [5.41, 5.74) is 1.29. The highest BCUT2D eigenvalue weighted by atomic mass is 16.5. The first-order valence-corrected chi connectivity index (χ1v) is 3.85. The molecule has 0 aromatic carbocycles. The summed E-state index contributed by atoms with van der Waals surface area (Å²) < 4.78 is 0. The molecule has 0 aromatic rings. The Hall–Kier alpha value is -1.63. The Labute approximate surface area is 79.3 Å². The Bertz CT molecular complexity index is 238. The van der Waals surface area contributed by atoms with Gasteiger partial charge in [-0.25, -0.2) is 5.48 Å². The van der Waals surface area contributed by atoms with Crippen LogP contribution in [0.25, 0.3) is 0 Å². The Morgan fingerprint density at radius 2 is 1.79 bits per heavy atom. The summed E-state index contributed by atoms with van der Waals surface area (Å²) >= 11 is 0. The quantitative estimate of drug-likeness (QED) is 0.340. The van der Waals surface area contributed by atoms with Crippen molar-refractivity contribution in [2.75, 3.05) is 0 Å². The zero-order valence-corrected chi connectivity index (χ0v) is 7.27. The lowest BCUT2D eigenvalue weighted by molar-refractivity contribution is -0.146. The first-order valence-electron chi connectivity index (χ1n) is 3.85. The second kappa shape index (κ2) is 5.92. The third-order valence-electron chi connectivity index (χ3n) is 1.61. The van der Waals surface area contributed by atoms with E-state index in [0.29, 0.717) is 0 Å². The van der Waals surface area contributed by atoms with E-state index in [4.69, 9.17) is 15.4 Å². The number of carboxylic acids is 2. The van der Waals surface area contributed by atoms with Crippen molar-refractivity contribution >= 4 is 17.8 Å². The van der Waals surface area contributed by atoms with Crippen molar-refractivity contribution in [3.63, 3.8) is 0 Å². The lowest BCUT2D eigenvalue weighted by Crippen LogP contribution is -2.26. The van der Waals surface area contributed by atoms with Crippen molar-refractivity contribution in [3.8, 4) is 0 Å². The van der Waals surface area contributed by atoms with Crippen LogP contribution in [0.15, 0.2) is 0 Å². The van der Waals surface area contributed by atoms with E-state index in [1.807, 2.05) is 0 Å². The number of hydrogen-bond acceptors (Lipinski definition) is 4. The maximum absolute atomic E-state index is 10.6. The summed E-state index contributed by atoms with van der Waals surface area (Å²) in [4.78, 5) is 31.2. The summed E-state index contributed by atoms with van der Waals surface area (Å²) in [5.74, 6) is -4.31. The van der Waals surface area contributed by atoms with Crippen LogP contribution in [-0.4, -0.2) is 33.3 Å². The van der Waals surface area contributed by atoms with Crippen LogP contribution in [0, 0.1) is 5.92 Å². The van der Waals surface area contributed by atoms with Gasteiger partial charge in [0.05, 0.1) is 5.92 Å². The number of carbonyl (C=O) groups excluding carboxylic acids is 1. The molecule has 0 aromatic heterocycles. The number of aliphatic carboxylic acids is 2. The van der Waals surface area contributed by atoms with Crippen LogP contribution in [0.2, 0.25) is 0 Å². The number of amides is 1. The van der Waals surface area contributed by atoms with Crippen LogP contribution < -0.4 is 5.48 Å². The molecule has 0 spiro atoms. The summed E-state index contributed by atoms with van der Waals surface area (Å²) in [7, 11) is 0. The molecular formula is C7H11NO6. The van der Waals surface area contributed by atoms with Gasteiger partial charge in [-0.2, -0.15) is 0 Å². The van der Waals surface area contributed by atoms with Crippen LogP contribution in [0.4, 0.5) is 0 Å². The predicted molar refractivity (Wildman–Crippen MR) is 42.5 cm³/mol. The first-order chi connectivity index (χ1) is 6.47. The molecule has 0 aliphatic carbocycles. The maximum Gasteiger partial charge on any atom is 0.307 e. The zero-order chi connectivity index (χ0) is 11.1. The van der Waals surface area contributed by atoms with E-state index < -0.39 is 30.2 Å². The normalized spacial score (nSPS) is 11.8. The third-order valence-corrected chi connectivity index (χ3v) is 1.61. The van der Waals surface area contributed by atoms with E-state index in [0.717, 1.165) is 0 Å². The Morgan fingerprint density at radius 1 is 1.21 bits per heavy atom. The lowest BCUT2D eigenvalue weighted by Gasteiger charge is -2.08. The van der Waals surface area contributed by atoms with Crippen LogP contribution in [0.1, 0.15) is 19.3 Å². The van der Waals surface area contributed by atoms with Gasteiger partial charge in [0.25, 0.3) is 0 Å². The highest BCUT2D eigenvalue weighted by Crippen LogP contribution is 2.11. The van der Waals surface area contributed by atoms with Crippen molar-refractivity contribution in [1.29, 1.82) is 0 Å². The molecule has 0 bridgehead atoms. The van der Waals surface area contributed by atoms with Gasteiger partial charge in [0, 0.05) is 12.8 Å². The minimum atomic E-state index is -1.25. The van der Waals surface area contributed by atoms with Gasteiger partial charge in [0.1, 0.15) is 0 Å². The number of carbonyl (C=O) groups is 3. The molecule has 0 aliphatic rings. The largest absolute Gasteiger partial charge is 0.481 e. The number of hydrogen-bond donors (Lipinski definition) is 4. The van der Waals surface area contributed by atoms with E-state index in [2.05, 4.69) is 0 Å².